The summed E-state index contributed by atoms with van der Waals surface area (Å²) in [7, 11) is 0. The summed E-state index contributed by atoms with van der Waals surface area (Å²) in [6.45, 7) is 8.14. The predicted octanol–water partition coefficient (Wildman–Crippen LogP) is 2.14. The van der Waals surface area contributed by atoms with Crippen molar-refractivity contribution < 1.29 is 9.53 Å². The molecule has 0 aromatic heterocycles. The molecule has 19 heavy (non-hydrogen) atoms. The van der Waals surface area contributed by atoms with Crippen molar-refractivity contribution in [2.24, 2.45) is 5.92 Å². The van der Waals surface area contributed by atoms with Gasteiger partial charge in [0.05, 0.1) is 18.3 Å². The summed E-state index contributed by atoms with van der Waals surface area (Å²) < 4.78 is 5.73. The highest BCUT2D eigenvalue weighted by Crippen LogP contribution is 2.26. The van der Waals surface area contributed by atoms with Gasteiger partial charge in [0, 0.05) is 19.1 Å². The van der Waals surface area contributed by atoms with Crippen molar-refractivity contribution in [3.63, 3.8) is 0 Å². The van der Waals surface area contributed by atoms with Gasteiger partial charge in [-0.2, -0.15) is 0 Å². The van der Waals surface area contributed by atoms with Crippen LogP contribution >= 0.6 is 0 Å². The van der Waals surface area contributed by atoms with Crippen LogP contribution in [0, 0.1) is 5.92 Å². The molecule has 4 nitrogen and oxygen atoms in total. The molecule has 0 bridgehead atoms. The van der Waals surface area contributed by atoms with E-state index in [0.717, 1.165) is 45.3 Å². The van der Waals surface area contributed by atoms with Crippen LogP contribution in [0.5, 0.6) is 0 Å². The van der Waals surface area contributed by atoms with Crippen LogP contribution < -0.4 is 5.32 Å². The number of ether oxygens (including phenoxy) is 1. The van der Waals surface area contributed by atoms with Gasteiger partial charge in [0.25, 0.3) is 0 Å². The second-order valence-corrected chi connectivity index (χ2v) is 5.89. The molecule has 4 atom stereocenters. The lowest BCUT2D eigenvalue weighted by Crippen LogP contribution is -2.40. The van der Waals surface area contributed by atoms with E-state index in [4.69, 9.17) is 4.74 Å². The third-order valence-electron chi connectivity index (χ3n) is 4.52. The summed E-state index contributed by atoms with van der Waals surface area (Å²) in [4.78, 5) is 14.5. The van der Waals surface area contributed by atoms with Crippen molar-refractivity contribution in [2.75, 3.05) is 13.2 Å². The summed E-state index contributed by atoms with van der Waals surface area (Å²) in [5.41, 5.74) is 0. The number of nitrogens with zero attached hydrogens (tertiary/aromatic N) is 1. The van der Waals surface area contributed by atoms with Gasteiger partial charge in [-0.1, -0.05) is 26.7 Å². The van der Waals surface area contributed by atoms with Crippen LogP contribution in [-0.4, -0.2) is 42.3 Å². The molecule has 2 saturated heterocycles. The number of carbonyl (C=O) groups is 1. The van der Waals surface area contributed by atoms with Crippen LogP contribution in [0.2, 0.25) is 0 Å². The van der Waals surface area contributed by atoms with E-state index in [9.17, 15) is 4.79 Å². The first-order valence-corrected chi connectivity index (χ1v) is 7.85. The molecule has 110 valence electrons. The van der Waals surface area contributed by atoms with Crippen LogP contribution in [0.25, 0.3) is 0 Å². The van der Waals surface area contributed by atoms with E-state index in [1.807, 2.05) is 4.90 Å². The summed E-state index contributed by atoms with van der Waals surface area (Å²) in [6.07, 6.45) is 5.89. The van der Waals surface area contributed by atoms with Gasteiger partial charge in [-0.15, -0.1) is 0 Å². The van der Waals surface area contributed by atoms with Crippen LogP contribution in [0.4, 0.5) is 0 Å². The number of rotatable bonds is 6. The molecule has 1 N–H and O–H groups in total. The minimum atomic E-state index is 0.0392. The highest BCUT2D eigenvalue weighted by molar-refractivity contribution is 5.84. The molecule has 0 saturated carbocycles. The molecule has 2 aliphatic heterocycles. The van der Waals surface area contributed by atoms with Gasteiger partial charge in [0.1, 0.15) is 0 Å². The average Bonchev–Trinajstić information content (AvgIpc) is 2.96. The zero-order valence-corrected chi connectivity index (χ0v) is 12.5. The summed E-state index contributed by atoms with van der Waals surface area (Å²) in [5, 5.41) is 3.43. The first-order chi connectivity index (χ1) is 9.17. The summed E-state index contributed by atoms with van der Waals surface area (Å²) >= 11 is 0. The van der Waals surface area contributed by atoms with Crippen LogP contribution in [-0.2, 0) is 9.53 Å². The van der Waals surface area contributed by atoms with E-state index < -0.39 is 0 Å². The number of unbranched alkanes of at least 4 members (excludes halogenated alkanes) is 1. The molecule has 4 unspecified atom stereocenters. The Morgan fingerprint density at radius 2 is 2.21 bits per heavy atom. The Bertz CT molecular complexity index is 309. The Balaban J connectivity index is 1.91. The molecule has 1 amide bonds. The Labute approximate surface area is 116 Å². The second kappa shape index (κ2) is 6.71. The normalized spacial score (nSPS) is 35.3. The fourth-order valence-electron chi connectivity index (χ4n) is 3.31. The van der Waals surface area contributed by atoms with Gasteiger partial charge in [0.15, 0.2) is 0 Å². The highest BCUT2D eigenvalue weighted by atomic mass is 16.5. The minimum Gasteiger partial charge on any atom is -0.378 e. The first-order valence-electron chi connectivity index (χ1n) is 7.85. The molecule has 4 heteroatoms. The lowest BCUT2D eigenvalue weighted by molar-refractivity contribution is -0.130. The van der Waals surface area contributed by atoms with Gasteiger partial charge in [-0.05, 0) is 26.2 Å². The van der Waals surface area contributed by atoms with Gasteiger partial charge >= 0.3 is 0 Å². The van der Waals surface area contributed by atoms with Gasteiger partial charge in [0.2, 0.25) is 5.91 Å². The molecular weight excluding hydrogens is 240 g/mol. The Kier molecular flexibility index (Phi) is 5.22. The molecule has 0 spiro atoms. The fourth-order valence-corrected chi connectivity index (χ4v) is 3.31. The molecule has 2 heterocycles. The van der Waals surface area contributed by atoms with E-state index in [2.05, 4.69) is 26.1 Å². The van der Waals surface area contributed by atoms with Crippen molar-refractivity contribution in [3.8, 4) is 0 Å². The smallest absolute Gasteiger partial charge is 0.241 e. The SMILES string of the molecule is CCCCC1NC(C)N(CC2CCOC2CC)C1=O. The second-order valence-electron chi connectivity index (χ2n) is 5.89. The molecular formula is C15H28N2O2. The predicted molar refractivity (Wildman–Crippen MR) is 75.8 cm³/mol. The van der Waals surface area contributed by atoms with Crippen LogP contribution in [0.15, 0.2) is 0 Å². The Morgan fingerprint density at radius 1 is 1.42 bits per heavy atom. The van der Waals surface area contributed by atoms with E-state index in [1.54, 1.807) is 0 Å². The third-order valence-corrected chi connectivity index (χ3v) is 4.52. The quantitative estimate of drug-likeness (QED) is 0.802. The van der Waals surface area contributed by atoms with Crippen LogP contribution in [0.1, 0.15) is 52.9 Å². The number of nitrogens with one attached hydrogen (secondary N) is 1. The van der Waals surface area contributed by atoms with Crippen molar-refractivity contribution in [2.45, 2.75) is 71.2 Å². The minimum absolute atomic E-state index is 0.0392. The molecule has 2 fully saturated rings. The van der Waals surface area contributed by atoms with E-state index >= 15 is 0 Å². The lowest BCUT2D eigenvalue weighted by atomic mass is 9.98. The zero-order chi connectivity index (χ0) is 13.8. The van der Waals surface area contributed by atoms with Gasteiger partial charge in [-0.25, -0.2) is 0 Å². The van der Waals surface area contributed by atoms with Crippen molar-refractivity contribution >= 4 is 5.91 Å². The maximum absolute atomic E-state index is 12.4. The molecule has 2 aliphatic rings. The third kappa shape index (κ3) is 3.29. The van der Waals surface area contributed by atoms with Crippen molar-refractivity contribution in [3.05, 3.63) is 0 Å². The van der Waals surface area contributed by atoms with E-state index in [0.29, 0.717) is 17.9 Å². The highest BCUT2D eigenvalue weighted by Gasteiger charge is 2.39. The van der Waals surface area contributed by atoms with Crippen molar-refractivity contribution in [1.82, 2.24) is 10.2 Å². The number of carbonyl (C=O) groups excluding carboxylic acids is 1. The molecule has 0 radical (unpaired) electrons. The molecule has 0 aromatic rings. The molecule has 0 aliphatic carbocycles. The molecule has 2 rings (SSSR count). The lowest BCUT2D eigenvalue weighted by Gasteiger charge is -2.26. The zero-order valence-electron chi connectivity index (χ0n) is 12.5. The van der Waals surface area contributed by atoms with E-state index in [1.165, 1.54) is 0 Å². The summed E-state index contributed by atoms with van der Waals surface area (Å²) in [6, 6.07) is 0.0392. The largest absolute Gasteiger partial charge is 0.378 e. The standard InChI is InChI=1S/C15H28N2O2/c1-4-6-7-13-15(18)17(11(3)16-13)10-12-8-9-19-14(12)5-2/h11-14,16H,4-10H2,1-3H3. The maximum atomic E-state index is 12.4. The number of amides is 1. The summed E-state index contributed by atoms with van der Waals surface area (Å²) in [5.74, 6) is 0.811. The monoisotopic (exact) mass is 268 g/mol. The Hall–Kier alpha value is -0.610. The maximum Gasteiger partial charge on any atom is 0.241 e. The fraction of sp³-hybridized carbons (Fsp3) is 0.933. The number of hydrogen-bond donors (Lipinski definition) is 1. The van der Waals surface area contributed by atoms with E-state index in [-0.39, 0.29) is 12.2 Å². The van der Waals surface area contributed by atoms with Crippen LogP contribution in [0.3, 0.4) is 0 Å². The van der Waals surface area contributed by atoms with Gasteiger partial charge in [-0.3, -0.25) is 10.1 Å². The first kappa shape index (κ1) is 14.8. The van der Waals surface area contributed by atoms with Gasteiger partial charge < -0.3 is 9.64 Å². The average molecular weight is 268 g/mol. The Morgan fingerprint density at radius 3 is 2.89 bits per heavy atom. The van der Waals surface area contributed by atoms with Crippen molar-refractivity contribution in [1.29, 1.82) is 0 Å². The number of hydrogen-bond acceptors (Lipinski definition) is 3. The molecule has 0 aromatic carbocycles. The topological polar surface area (TPSA) is 41.6 Å².